The van der Waals surface area contributed by atoms with Gasteiger partial charge in [-0.05, 0) is 0 Å². The number of hydrogen-bond acceptors (Lipinski definition) is 4. The molecule has 0 spiro atoms. The van der Waals surface area contributed by atoms with E-state index >= 15 is 0 Å². The standard InChI is InChI=1S/C31H34N2O3SSeSi/c1-31(2,3)39(25-15-9-5-10-16-25,26-17-11-6-12-18-26)36-21-23-22-37-29(33-20-19-27(34)32-30(33)35)28(23)38-24-13-7-4-8-14-24/h4-20,23,28-29H,21-22H2,1-3H3,(H,32,34,35). The second-order valence-electron chi connectivity index (χ2n) is 10.9. The number of nitrogens with one attached hydrogen (secondary N) is 1. The van der Waals surface area contributed by atoms with Crippen molar-refractivity contribution in [3.05, 3.63) is 124 Å². The van der Waals surface area contributed by atoms with Crippen molar-refractivity contribution in [3.63, 3.8) is 0 Å². The molecule has 3 aromatic carbocycles. The zero-order valence-electron chi connectivity index (χ0n) is 22.4. The Morgan fingerprint density at radius 2 is 1.46 bits per heavy atom. The normalized spacial score (nSPS) is 19.7. The quantitative estimate of drug-likeness (QED) is 0.304. The maximum atomic E-state index is 12.8. The maximum absolute atomic E-state index is 12.8. The van der Waals surface area contributed by atoms with Gasteiger partial charge < -0.3 is 0 Å². The number of benzene rings is 3. The van der Waals surface area contributed by atoms with E-state index in [1.54, 1.807) is 22.5 Å². The van der Waals surface area contributed by atoms with Crippen LogP contribution in [-0.2, 0) is 4.43 Å². The van der Waals surface area contributed by atoms with Crippen molar-refractivity contribution in [2.45, 2.75) is 36.0 Å². The molecular weight excluding hydrogens is 587 g/mol. The van der Waals surface area contributed by atoms with Gasteiger partial charge in [0.15, 0.2) is 0 Å². The summed E-state index contributed by atoms with van der Waals surface area (Å²) in [5.74, 6) is 1.16. The summed E-state index contributed by atoms with van der Waals surface area (Å²) in [4.78, 5) is 27.3. The Balaban J connectivity index is 1.53. The third-order valence-corrected chi connectivity index (χ3v) is 17.2. The van der Waals surface area contributed by atoms with Crippen LogP contribution >= 0.6 is 11.8 Å². The number of aromatic amines is 1. The molecule has 5 nitrogen and oxygen atoms in total. The van der Waals surface area contributed by atoms with Gasteiger partial charge in [-0.15, -0.1) is 0 Å². The minimum absolute atomic E-state index is 0.0534. The molecule has 3 atom stereocenters. The predicted octanol–water partition coefficient (Wildman–Crippen LogP) is 3.79. The van der Waals surface area contributed by atoms with Gasteiger partial charge in [0, 0.05) is 0 Å². The third kappa shape index (κ3) is 5.81. The minimum atomic E-state index is -2.68. The van der Waals surface area contributed by atoms with Gasteiger partial charge in [-0.2, -0.15) is 0 Å². The van der Waals surface area contributed by atoms with Crippen LogP contribution < -0.4 is 26.1 Å². The first kappa shape index (κ1) is 27.9. The van der Waals surface area contributed by atoms with E-state index in [1.165, 1.54) is 20.9 Å². The third-order valence-electron chi connectivity index (χ3n) is 7.30. The molecule has 39 heavy (non-hydrogen) atoms. The molecule has 1 fully saturated rings. The molecule has 0 amide bonds. The fraction of sp³-hybridized carbons (Fsp3) is 0.290. The molecule has 0 bridgehead atoms. The molecule has 0 saturated carbocycles. The summed E-state index contributed by atoms with van der Waals surface area (Å²) in [5.41, 5.74) is -0.710. The van der Waals surface area contributed by atoms with Gasteiger partial charge in [0.1, 0.15) is 0 Å². The van der Waals surface area contributed by atoms with Gasteiger partial charge in [0.2, 0.25) is 0 Å². The molecule has 0 aliphatic carbocycles. The first-order valence-corrected chi connectivity index (χ1v) is 18.0. The Kier molecular flexibility index (Phi) is 8.50. The first-order valence-electron chi connectivity index (χ1n) is 13.2. The van der Waals surface area contributed by atoms with Crippen LogP contribution in [0.5, 0.6) is 0 Å². The van der Waals surface area contributed by atoms with Crippen molar-refractivity contribution in [2.75, 3.05) is 12.4 Å². The Labute approximate surface area is 241 Å². The topological polar surface area (TPSA) is 64.1 Å². The molecule has 1 aliphatic heterocycles. The van der Waals surface area contributed by atoms with Gasteiger partial charge in [0.05, 0.1) is 0 Å². The van der Waals surface area contributed by atoms with Gasteiger partial charge >= 0.3 is 242 Å². The van der Waals surface area contributed by atoms with Gasteiger partial charge in [-0.1, -0.05) is 0 Å². The fourth-order valence-corrected chi connectivity index (χ4v) is 15.2. The average molecular weight is 622 g/mol. The Hall–Kier alpha value is -2.61. The number of H-pyrrole nitrogens is 1. The summed E-state index contributed by atoms with van der Waals surface area (Å²) < 4.78 is 10.4. The van der Waals surface area contributed by atoms with Gasteiger partial charge in [-0.25, -0.2) is 0 Å². The number of aromatic nitrogens is 2. The van der Waals surface area contributed by atoms with E-state index < -0.39 is 8.32 Å². The van der Waals surface area contributed by atoms with Crippen molar-refractivity contribution in [2.24, 2.45) is 5.92 Å². The van der Waals surface area contributed by atoms with Crippen LogP contribution in [0.1, 0.15) is 26.1 Å². The average Bonchev–Trinajstić information content (AvgIpc) is 3.32. The molecule has 1 N–H and O–H groups in total. The van der Waals surface area contributed by atoms with Crippen molar-refractivity contribution >= 4 is 49.9 Å². The zero-order chi connectivity index (χ0) is 27.5. The summed E-state index contributed by atoms with van der Waals surface area (Å²) >= 11 is 1.91. The fourth-order valence-electron chi connectivity index (χ4n) is 5.46. The molecule has 5 rings (SSSR count). The molecule has 2 heterocycles. The van der Waals surface area contributed by atoms with E-state index in [4.69, 9.17) is 4.43 Å². The van der Waals surface area contributed by atoms with Gasteiger partial charge in [0.25, 0.3) is 0 Å². The van der Waals surface area contributed by atoms with E-state index in [0.29, 0.717) is 6.61 Å². The summed E-state index contributed by atoms with van der Waals surface area (Å²) in [6.45, 7) is 7.53. The van der Waals surface area contributed by atoms with E-state index in [2.05, 4.69) is 111 Å². The Morgan fingerprint density at radius 3 is 2.00 bits per heavy atom. The van der Waals surface area contributed by atoms with Crippen molar-refractivity contribution in [1.82, 2.24) is 9.55 Å². The van der Waals surface area contributed by atoms with Crippen molar-refractivity contribution < 1.29 is 4.43 Å². The summed E-state index contributed by atoms with van der Waals surface area (Å²) in [6, 6.07) is 33.5. The second-order valence-corrected chi connectivity index (χ2v) is 19.0. The Morgan fingerprint density at radius 1 is 0.897 bits per heavy atom. The van der Waals surface area contributed by atoms with Gasteiger partial charge in [-0.3, -0.25) is 0 Å². The number of thioether (sulfide) groups is 1. The van der Waals surface area contributed by atoms with Crippen LogP contribution in [0.4, 0.5) is 0 Å². The van der Waals surface area contributed by atoms with Crippen molar-refractivity contribution in [1.29, 1.82) is 0 Å². The monoisotopic (exact) mass is 622 g/mol. The van der Waals surface area contributed by atoms with Crippen LogP contribution in [0.3, 0.4) is 0 Å². The molecule has 1 saturated heterocycles. The van der Waals surface area contributed by atoms with Crippen molar-refractivity contribution in [3.8, 4) is 0 Å². The van der Waals surface area contributed by atoms with E-state index in [9.17, 15) is 9.59 Å². The molecule has 3 unspecified atom stereocenters. The second kappa shape index (κ2) is 11.9. The Bertz CT molecular complexity index is 1450. The molecule has 1 aliphatic rings. The van der Waals surface area contributed by atoms with E-state index in [-0.39, 0.29) is 47.4 Å². The van der Waals surface area contributed by atoms with Crippen LogP contribution in [-0.4, -0.2) is 45.2 Å². The molecule has 0 radical (unpaired) electrons. The van der Waals surface area contributed by atoms with Crippen LogP contribution in [0.2, 0.25) is 9.85 Å². The summed E-state index contributed by atoms with van der Waals surface area (Å²) in [7, 11) is -2.68. The first-order chi connectivity index (χ1) is 18.8. The van der Waals surface area contributed by atoms with Crippen LogP contribution in [0.25, 0.3) is 0 Å². The molecule has 202 valence electrons. The number of nitrogens with zero attached hydrogens (tertiary/aromatic N) is 1. The SMILES string of the molecule is CC(C)(C)[Si](OCC1CSC(n2ccc(=O)[nH]c2=O)C1[Se]c1ccccc1)(c1ccccc1)c1ccccc1. The van der Waals surface area contributed by atoms with E-state index in [1.807, 2.05) is 6.07 Å². The van der Waals surface area contributed by atoms with E-state index in [0.717, 1.165) is 5.75 Å². The molecule has 4 aromatic rings. The predicted molar refractivity (Wildman–Crippen MR) is 165 cm³/mol. The summed E-state index contributed by atoms with van der Waals surface area (Å²) in [5, 5.41) is 2.39. The molecular formula is C31H34N2O3SSeSi. The van der Waals surface area contributed by atoms with Crippen LogP contribution in [0.15, 0.2) is 113 Å². The number of hydrogen-bond donors (Lipinski definition) is 1. The molecule has 1 aromatic heterocycles. The zero-order valence-corrected chi connectivity index (χ0v) is 26.0. The van der Waals surface area contributed by atoms with Crippen LogP contribution in [0, 0.1) is 5.92 Å². The molecule has 8 heteroatoms. The summed E-state index contributed by atoms with van der Waals surface area (Å²) in [6.07, 6.45) is 1.65. The number of rotatable bonds is 8.